The van der Waals surface area contributed by atoms with Crippen molar-refractivity contribution in [3.8, 4) is 0 Å². The van der Waals surface area contributed by atoms with Crippen molar-refractivity contribution >= 4 is 0 Å². The van der Waals surface area contributed by atoms with Crippen LogP contribution in [0, 0.1) is 5.92 Å². The van der Waals surface area contributed by atoms with Gasteiger partial charge in [0.25, 0.3) is 0 Å². The lowest BCUT2D eigenvalue weighted by molar-refractivity contribution is -0.137. The van der Waals surface area contributed by atoms with Crippen molar-refractivity contribution in [2.75, 3.05) is 0 Å². The van der Waals surface area contributed by atoms with Gasteiger partial charge in [0.2, 0.25) is 0 Å². The molecule has 1 N–H and O–H groups in total. The second-order valence-electron chi connectivity index (χ2n) is 5.60. The first-order chi connectivity index (χ1) is 9.93. The molecule has 0 bridgehead atoms. The van der Waals surface area contributed by atoms with E-state index < -0.39 is 17.8 Å². The molecule has 0 radical (unpaired) electrons. The van der Waals surface area contributed by atoms with Crippen LogP contribution in [0.1, 0.15) is 35.6 Å². The maximum absolute atomic E-state index is 12.7. The normalized spacial score (nSPS) is 17.0. The molecule has 1 fully saturated rings. The molecule has 21 heavy (non-hydrogen) atoms. The number of aliphatic hydroxyl groups excluding tert-OH is 1. The molecule has 1 heterocycles. The van der Waals surface area contributed by atoms with Gasteiger partial charge in [-0.1, -0.05) is 12.1 Å². The molecule has 1 atom stereocenters. The van der Waals surface area contributed by atoms with Crippen LogP contribution < -0.4 is 0 Å². The van der Waals surface area contributed by atoms with Gasteiger partial charge in [-0.2, -0.15) is 13.2 Å². The van der Waals surface area contributed by atoms with Gasteiger partial charge in [-0.25, -0.2) is 0 Å². The topological polar surface area (TPSA) is 25.2 Å². The molecule has 1 unspecified atom stereocenters. The van der Waals surface area contributed by atoms with E-state index >= 15 is 0 Å². The third kappa shape index (κ3) is 3.29. The lowest BCUT2D eigenvalue weighted by Gasteiger charge is -2.09. The Morgan fingerprint density at radius 2 is 2.00 bits per heavy atom. The minimum absolute atomic E-state index is 0.342. The van der Waals surface area contributed by atoms with E-state index in [1.54, 1.807) is 16.8 Å². The van der Waals surface area contributed by atoms with Crippen molar-refractivity contribution < 1.29 is 18.3 Å². The fraction of sp³-hybridized carbons (Fsp3) is 0.375. The van der Waals surface area contributed by atoms with Crippen LogP contribution in [0.3, 0.4) is 0 Å². The van der Waals surface area contributed by atoms with Crippen molar-refractivity contribution in [2.45, 2.75) is 31.7 Å². The molecule has 1 aromatic heterocycles. The molecule has 0 spiro atoms. The van der Waals surface area contributed by atoms with E-state index in [4.69, 9.17) is 0 Å². The molecule has 0 amide bonds. The number of alkyl halides is 3. The third-order valence-corrected chi connectivity index (χ3v) is 3.80. The number of rotatable bonds is 4. The molecule has 112 valence electrons. The standard InChI is InChI=1S/C16H16F3NO/c17-16(18,19)14-3-1-2-11(8-14)9-20-7-6-13(10-20)15(21)12-4-5-12/h1-3,6-8,10,12,15,21H,4-5,9H2. The van der Waals surface area contributed by atoms with Gasteiger partial charge < -0.3 is 9.67 Å². The number of aliphatic hydroxyl groups is 1. The van der Waals surface area contributed by atoms with Crippen LogP contribution in [0.25, 0.3) is 0 Å². The molecule has 0 aliphatic heterocycles. The molecule has 1 saturated carbocycles. The van der Waals surface area contributed by atoms with Gasteiger partial charge in [-0.3, -0.25) is 0 Å². The van der Waals surface area contributed by atoms with Crippen molar-refractivity contribution in [2.24, 2.45) is 5.92 Å². The van der Waals surface area contributed by atoms with Crippen molar-refractivity contribution in [3.05, 3.63) is 59.4 Å². The van der Waals surface area contributed by atoms with Crippen LogP contribution >= 0.6 is 0 Å². The van der Waals surface area contributed by atoms with Gasteiger partial charge in [0.15, 0.2) is 0 Å². The summed E-state index contributed by atoms with van der Waals surface area (Å²) in [5.74, 6) is 0.342. The van der Waals surface area contributed by atoms with Crippen LogP contribution in [0.15, 0.2) is 42.7 Å². The minimum Gasteiger partial charge on any atom is -0.388 e. The van der Waals surface area contributed by atoms with Gasteiger partial charge in [-0.05, 0) is 48.1 Å². The van der Waals surface area contributed by atoms with E-state index in [2.05, 4.69) is 0 Å². The smallest absolute Gasteiger partial charge is 0.388 e. The van der Waals surface area contributed by atoms with E-state index in [-0.39, 0.29) is 0 Å². The monoisotopic (exact) mass is 295 g/mol. The molecule has 0 saturated heterocycles. The van der Waals surface area contributed by atoms with Crippen molar-refractivity contribution in [3.63, 3.8) is 0 Å². The molecular weight excluding hydrogens is 279 g/mol. The van der Waals surface area contributed by atoms with Gasteiger partial charge in [0.05, 0.1) is 11.7 Å². The SMILES string of the molecule is OC(c1ccn(Cc2cccc(C(F)(F)F)c2)c1)C1CC1. The summed E-state index contributed by atoms with van der Waals surface area (Å²) in [5.41, 5.74) is 0.794. The first kappa shape index (κ1) is 14.2. The quantitative estimate of drug-likeness (QED) is 0.906. The number of hydrogen-bond donors (Lipinski definition) is 1. The Balaban J connectivity index is 1.74. The number of nitrogens with zero attached hydrogens (tertiary/aromatic N) is 1. The maximum atomic E-state index is 12.7. The second kappa shape index (κ2) is 5.22. The summed E-state index contributed by atoms with van der Waals surface area (Å²) in [4.78, 5) is 0. The highest BCUT2D eigenvalue weighted by Crippen LogP contribution is 2.40. The largest absolute Gasteiger partial charge is 0.416 e. The highest BCUT2D eigenvalue weighted by Gasteiger charge is 2.31. The minimum atomic E-state index is -4.32. The summed E-state index contributed by atoms with van der Waals surface area (Å²) in [6, 6.07) is 7.16. The number of benzene rings is 1. The molecule has 1 aliphatic rings. The van der Waals surface area contributed by atoms with Gasteiger partial charge >= 0.3 is 6.18 Å². The van der Waals surface area contributed by atoms with Crippen LogP contribution in [0.5, 0.6) is 0 Å². The van der Waals surface area contributed by atoms with Gasteiger partial charge in [0.1, 0.15) is 0 Å². The highest BCUT2D eigenvalue weighted by molar-refractivity contribution is 5.26. The van der Waals surface area contributed by atoms with Crippen LogP contribution in [0.2, 0.25) is 0 Å². The Morgan fingerprint density at radius 3 is 2.67 bits per heavy atom. The fourth-order valence-corrected chi connectivity index (χ4v) is 2.47. The van der Waals surface area contributed by atoms with E-state index in [1.165, 1.54) is 6.07 Å². The third-order valence-electron chi connectivity index (χ3n) is 3.80. The Bertz CT molecular complexity index is 628. The summed E-state index contributed by atoms with van der Waals surface area (Å²) < 4.78 is 39.8. The van der Waals surface area contributed by atoms with Crippen LogP contribution in [-0.4, -0.2) is 9.67 Å². The predicted molar refractivity (Wildman–Crippen MR) is 72.7 cm³/mol. The lowest BCUT2D eigenvalue weighted by atomic mass is 10.1. The predicted octanol–water partition coefficient (Wildman–Crippen LogP) is 4.00. The van der Waals surface area contributed by atoms with Crippen molar-refractivity contribution in [1.29, 1.82) is 0 Å². The summed E-state index contributed by atoms with van der Waals surface area (Å²) in [5, 5.41) is 10.0. The molecule has 2 aromatic rings. The highest BCUT2D eigenvalue weighted by atomic mass is 19.4. The first-order valence-electron chi connectivity index (χ1n) is 6.93. The molecule has 3 rings (SSSR count). The van der Waals surface area contributed by atoms with E-state index in [0.29, 0.717) is 18.0 Å². The average Bonchev–Trinajstić information content (AvgIpc) is 3.18. The molecule has 1 aromatic carbocycles. The number of halogens is 3. The zero-order chi connectivity index (χ0) is 15.0. The molecule has 1 aliphatic carbocycles. The first-order valence-corrected chi connectivity index (χ1v) is 6.93. The number of hydrogen-bond acceptors (Lipinski definition) is 1. The summed E-state index contributed by atoms with van der Waals surface area (Å²) in [6.45, 7) is 0.362. The van der Waals surface area contributed by atoms with Crippen molar-refractivity contribution in [1.82, 2.24) is 4.57 Å². The molecule has 2 nitrogen and oxygen atoms in total. The van der Waals surface area contributed by atoms with Crippen LogP contribution in [-0.2, 0) is 12.7 Å². The Kier molecular flexibility index (Phi) is 3.53. The van der Waals surface area contributed by atoms with E-state index in [0.717, 1.165) is 30.5 Å². The number of aromatic nitrogens is 1. The Labute approximate surface area is 120 Å². The van der Waals surface area contributed by atoms with Crippen LogP contribution in [0.4, 0.5) is 13.2 Å². The summed E-state index contributed by atoms with van der Waals surface area (Å²) in [6.07, 6.45) is 0.914. The maximum Gasteiger partial charge on any atom is 0.416 e. The molecule has 5 heteroatoms. The average molecular weight is 295 g/mol. The molecular formula is C16H16F3NO. The van der Waals surface area contributed by atoms with Gasteiger partial charge in [-0.15, -0.1) is 0 Å². The van der Waals surface area contributed by atoms with E-state index in [1.807, 2.05) is 12.3 Å². The fourth-order valence-electron chi connectivity index (χ4n) is 2.47. The van der Waals surface area contributed by atoms with Gasteiger partial charge in [0, 0.05) is 18.9 Å². The lowest BCUT2D eigenvalue weighted by Crippen LogP contribution is -2.06. The second-order valence-corrected chi connectivity index (χ2v) is 5.60. The Hall–Kier alpha value is -1.75. The summed E-state index contributed by atoms with van der Waals surface area (Å²) >= 11 is 0. The zero-order valence-corrected chi connectivity index (χ0v) is 11.3. The van der Waals surface area contributed by atoms with E-state index in [9.17, 15) is 18.3 Å². The zero-order valence-electron chi connectivity index (χ0n) is 11.3. The summed E-state index contributed by atoms with van der Waals surface area (Å²) in [7, 11) is 0. The Morgan fingerprint density at radius 1 is 1.24 bits per heavy atom.